The van der Waals surface area contributed by atoms with Crippen molar-refractivity contribution >= 4 is 0 Å². The van der Waals surface area contributed by atoms with Gasteiger partial charge in [0.15, 0.2) is 5.82 Å². The summed E-state index contributed by atoms with van der Waals surface area (Å²) in [5.41, 5.74) is 0.889. The third-order valence-electron chi connectivity index (χ3n) is 3.58. The van der Waals surface area contributed by atoms with Crippen molar-refractivity contribution in [2.75, 3.05) is 13.7 Å². The van der Waals surface area contributed by atoms with Crippen molar-refractivity contribution in [1.29, 1.82) is 0 Å². The highest BCUT2D eigenvalue weighted by atomic mass is 16.5. The van der Waals surface area contributed by atoms with Crippen LogP contribution in [0.5, 0.6) is 5.75 Å². The molecule has 0 amide bonds. The summed E-state index contributed by atoms with van der Waals surface area (Å²) in [6.45, 7) is 0.139. The number of ether oxygens (including phenoxy) is 1. The van der Waals surface area contributed by atoms with E-state index in [-0.39, 0.29) is 18.7 Å². The summed E-state index contributed by atoms with van der Waals surface area (Å²) >= 11 is 0. The summed E-state index contributed by atoms with van der Waals surface area (Å²) in [5.74, 6) is 1.56. The molecule has 106 valence electrons. The standard InChI is InChI=1S/C13H17N5O2/c1-20-11-5-3-10(4-6-11)18-13(15-16-17-18)12-7-2-9(8-19)14-12/h3-6,9,12,14,19H,2,7-8H2,1H3/t9-,12-/m0/s1. The third-order valence-corrected chi connectivity index (χ3v) is 3.58. The lowest BCUT2D eigenvalue weighted by Crippen LogP contribution is -2.28. The minimum atomic E-state index is 0.0734. The van der Waals surface area contributed by atoms with Gasteiger partial charge in [-0.1, -0.05) is 0 Å². The van der Waals surface area contributed by atoms with E-state index in [0.29, 0.717) is 0 Å². The first kappa shape index (κ1) is 13.0. The van der Waals surface area contributed by atoms with Crippen LogP contribution in [0, 0.1) is 0 Å². The largest absolute Gasteiger partial charge is 0.497 e. The Hall–Kier alpha value is -1.99. The Balaban J connectivity index is 1.86. The predicted molar refractivity (Wildman–Crippen MR) is 71.7 cm³/mol. The SMILES string of the molecule is COc1ccc(-n2nnnc2[C@@H]2CC[C@@H](CO)N2)cc1. The van der Waals surface area contributed by atoms with Crippen molar-refractivity contribution in [1.82, 2.24) is 25.5 Å². The zero-order valence-corrected chi connectivity index (χ0v) is 11.2. The predicted octanol–water partition coefficient (Wildman–Crippen LogP) is 0.456. The van der Waals surface area contributed by atoms with Crippen LogP contribution in [0.4, 0.5) is 0 Å². The second-order valence-corrected chi connectivity index (χ2v) is 4.82. The second kappa shape index (κ2) is 5.56. The van der Waals surface area contributed by atoms with E-state index in [1.807, 2.05) is 24.3 Å². The fourth-order valence-corrected chi connectivity index (χ4v) is 2.49. The molecule has 0 bridgehead atoms. The number of tetrazole rings is 1. The van der Waals surface area contributed by atoms with Gasteiger partial charge < -0.3 is 15.2 Å². The molecule has 0 spiro atoms. The van der Waals surface area contributed by atoms with Crippen LogP contribution in [0.3, 0.4) is 0 Å². The number of aliphatic hydroxyl groups excluding tert-OH is 1. The van der Waals surface area contributed by atoms with E-state index in [9.17, 15) is 5.11 Å². The minimum Gasteiger partial charge on any atom is -0.497 e. The number of hydrogen-bond acceptors (Lipinski definition) is 6. The summed E-state index contributed by atoms with van der Waals surface area (Å²) < 4.78 is 6.86. The first-order valence-corrected chi connectivity index (χ1v) is 6.61. The Bertz CT molecular complexity index is 568. The molecule has 3 rings (SSSR count). The molecule has 1 fully saturated rings. The highest BCUT2D eigenvalue weighted by Gasteiger charge is 2.28. The normalized spacial score (nSPS) is 22.1. The summed E-state index contributed by atoms with van der Waals surface area (Å²) in [7, 11) is 1.63. The third kappa shape index (κ3) is 2.37. The molecule has 7 nitrogen and oxygen atoms in total. The molecule has 1 saturated heterocycles. The molecular weight excluding hydrogens is 258 g/mol. The summed E-state index contributed by atoms with van der Waals surface area (Å²) in [6.07, 6.45) is 1.85. The second-order valence-electron chi connectivity index (χ2n) is 4.82. The van der Waals surface area contributed by atoms with Gasteiger partial charge in [-0.2, -0.15) is 4.68 Å². The number of aliphatic hydroxyl groups is 1. The minimum absolute atomic E-state index is 0.0734. The van der Waals surface area contributed by atoms with Crippen LogP contribution in [0.1, 0.15) is 24.7 Å². The summed E-state index contributed by atoms with van der Waals surface area (Å²) in [6, 6.07) is 7.78. The first-order chi connectivity index (χ1) is 9.81. The van der Waals surface area contributed by atoms with Gasteiger partial charge >= 0.3 is 0 Å². The molecule has 7 heteroatoms. The van der Waals surface area contributed by atoms with Gasteiger partial charge in [0.05, 0.1) is 25.4 Å². The molecule has 2 aromatic rings. The van der Waals surface area contributed by atoms with Gasteiger partial charge in [0.1, 0.15) is 5.75 Å². The lowest BCUT2D eigenvalue weighted by molar-refractivity contribution is 0.251. The molecule has 2 atom stereocenters. The van der Waals surface area contributed by atoms with Crippen LogP contribution in [0.2, 0.25) is 0 Å². The Morgan fingerprint density at radius 2 is 2.15 bits per heavy atom. The molecule has 2 N–H and O–H groups in total. The van der Waals surface area contributed by atoms with Crippen molar-refractivity contribution < 1.29 is 9.84 Å². The van der Waals surface area contributed by atoms with E-state index in [1.54, 1.807) is 11.8 Å². The fourth-order valence-electron chi connectivity index (χ4n) is 2.49. The molecule has 20 heavy (non-hydrogen) atoms. The Morgan fingerprint density at radius 1 is 1.35 bits per heavy atom. The summed E-state index contributed by atoms with van der Waals surface area (Å²) in [5, 5.41) is 24.5. The van der Waals surface area contributed by atoms with Gasteiger partial charge in [0.25, 0.3) is 0 Å². The molecule has 0 aliphatic carbocycles. The number of nitrogens with one attached hydrogen (secondary N) is 1. The van der Waals surface area contributed by atoms with Gasteiger partial charge in [0, 0.05) is 6.04 Å². The smallest absolute Gasteiger partial charge is 0.173 e. The topological polar surface area (TPSA) is 85.1 Å². The van der Waals surface area contributed by atoms with Crippen molar-refractivity contribution in [3.63, 3.8) is 0 Å². The van der Waals surface area contributed by atoms with Gasteiger partial charge in [-0.25, -0.2) is 0 Å². The van der Waals surface area contributed by atoms with E-state index >= 15 is 0 Å². The fraction of sp³-hybridized carbons (Fsp3) is 0.462. The molecular formula is C13H17N5O2. The van der Waals surface area contributed by atoms with Crippen LogP contribution >= 0.6 is 0 Å². The molecule has 1 aromatic carbocycles. The average Bonchev–Trinajstić information content (AvgIpc) is 3.15. The molecule has 0 radical (unpaired) electrons. The van der Waals surface area contributed by atoms with Gasteiger partial charge in [-0.05, 0) is 47.5 Å². The quantitative estimate of drug-likeness (QED) is 0.843. The molecule has 0 unspecified atom stereocenters. The van der Waals surface area contributed by atoms with Crippen molar-refractivity contribution in [3.8, 4) is 11.4 Å². The highest BCUT2D eigenvalue weighted by molar-refractivity contribution is 5.37. The van der Waals surface area contributed by atoms with Gasteiger partial charge in [0.2, 0.25) is 0 Å². The zero-order chi connectivity index (χ0) is 13.9. The monoisotopic (exact) mass is 275 g/mol. The molecule has 1 aliphatic rings. The van der Waals surface area contributed by atoms with E-state index in [4.69, 9.17) is 4.74 Å². The number of hydrogen-bond donors (Lipinski definition) is 2. The van der Waals surface area contributed by atoms with Crippen LogP contribution < -0.4 is 10.1 Å². The number of rotatable bonds is 4. The highest BCUT2D eigenvalue weighted by Crippen LogP contribution is 2.26. The van der Waals surface area contributed by atoms with Crippen LogP contribution in [0.25, 0.3) is 5.69 Å². The molecule has 0 saturated carbocycles. The number of nitrogens with zero attached hydrogens (tertiary/aromatic N) is 4. The Labute approximate surface area is 116 Å². The number of aromatic nitrogens is 4. The lowest BCUT2D eigenvalue weighted by Gasteiger charge is -2.12. The maximum Gasteiger partial charge on any atom is 0.173 e. The molecule has 2 heterocycles. The van der Waals surface area contributed by atoms with Crippen LogP contribution in [-0.2, 0) is 0 Å². The Morgan fingerprint density at radius 3 is 2.80 bits per heavy atom. The maximum absolute atomic E-state index is 9.19. The maximum atomic E-state index is 9.19. The molecule has 1 aliphatic heterocycles. The van der Waals surface area contributed by atoms with Crippen molar-refractivity contribution in [2.24, 2.45) is 0 Å². The number of methoxy groups -OCH3 is 1. The van der Waals surface area contributed by atoms with E-state index in [1.165, 1.54) is 0 Å². The Kier molecular flexibility index (Phi) is 3.62. The van der Waals surface area contributed by atoms with Crippen molar-refractivity contribution in [2.45, 2.75) is 24.9 Å². The number of benzene rings is 1. The van der Waals surface area contributed by atoms with E-state index < -0.39 is 0 Å². The average molecular weight is 275 g/mol. The van der Waals surface area contributed by atoms with Gasteiger partial charge in [-0.15, -0.1) is 5.10 Å². The lowest BCUT2D eigenvalue weighted by atomic mass is 10.2. The first-order valence-electron chi connectivity index (χ1n) is 6.61. The van der Waals surface area contributed by atoms with Crippen LogP contribution in [0.15, 0.2) is 24.3 Å². The van der Waals surface area contributed by atoms with Crippen LogP contribution in [-0.4, -0.2) is 45.1 Å². The van der Waals surface area contributed by atoms with Gasteiger partial charge in [-0.3, -0.25) is 0 Å². The van der Waals surface area contributed by atoms with E-state index in [2.05, 4.69) is 20.8 Å². The molecule has 1 aromatic heterocycles. The van der Waals surface area contributed by atoms with E-state index in [0.717, 1.165) is 30.1 Å². The van der Waals surface area contributed by atoms with Crippen molar-refractivity contribution in [3.05, 3.63) is 30.1 Å². The summed E-state index contributed by atoms with van der Waals surface area (Å²) in [4.78, 5) is 0. The zero-order valence-electron chi connectivity index (χ0n) is 11.2.